The minimum absolute atomic E-state index is 0.151. The van der Waals surface area contributed by atoms with E-state index in [1.165, 1.54) is 4.90 Å². The molecule has 190 valence electrons. The molecule has 0 unspecified atom stereocenters. The first-order valence-corrected chi connectivity index (χ1v) is 13.9. The molecule has 2 amide bonds. The van der Waals surface area contributed by atoms with Crippen LogP contribution in [0.2, 0.25) is 0 Å². The second-order valence-corrected chi connectivity index (χ2v) is 10.4. The predicted octanol–water partition coefficient (Wildman–Crippen LogP) is 7.14. The van der Waals surface area contributed by atoms with E-state index >= 15 is 0 Å². The largest absolute Gasteiger partial charge is 0.322 e. The minimum Gasteiger partial charge on any atom is -0.308 e. The highest BCUT2D eigenvalue weighted by atomic mass is 32.2. The zero-order valence-electron chi connectivity index (χ0n) is 21.6. The number of hydrogen-bond donors (Lipinski definition) is 1. The van der Waals surface area contributed by atoms with Crippen molar-refractivity contribution in [2.75, 3.05) is 11.6 Å². The Bertz CT molecular complexity index is 1600. The van der Waals surface area contributed by atoms with Crippen LogP contribution >= 0.6 is 11.8 Å². The maximum Gasteiger partial charge on any atom is 0.322 e. The molecular formula is C31H29N5OS. The van der Waals surface area contributed by atoms with E-state index in [2.05, 4.69) is 64.8 Å². The van der Waals surface area contributed by atoms with Gasteiger partial charge in [0.15, 0.2) is 0 Å². The van der Waals surface area contributed by atoms with Crippen LogP contribution < -0.4 is 5.32 Å². The number of anilines is 1. The van der Waals surface area contributed by atoms with Crippen molar-refractivity contribution in [3.63, 3.8) is 0 Å². The average Bonchev–Trinajstić information content (AvgIpc) is 3.49. The first kappa shape index (κ1) is 24.1. The van der Waals surface area contributed by atoms with Crippen LogP contribution in [0.1, 0.15) is 34.1 Å². The van der Waals surface area contributed by atoms with Gasteiger partial charge in [-0.15, -0.1) is 11.8 Å². The lowest BCUT2D eigenvalue weighted by Crippen LogP contribution is -2.38. The van der Waals surface area contributed by atoms with Gasteiger partial charge in [0.25, 0.3) is 0 Å². The fourth-order valence-corrected chi connectivity index (χ4v) is 5.61. The summed E-state index contributed by atoms with van der Waals surface area (Å²) in [5.41, 5.74) is 6.85. The van der Waals surface area contributed by atoms with Crippen molar-refractivity contribution in [2.24, 2.45) is 0 Å². The number of nitrogens with one attached hydrogen (secondary N) is 1. The summed E-state index contributed by atoms with van der Waals surface area (Å²) in [6.45, 7) is 4.46. The number of hydrogen-bond acceptors (Lipinski definition) is 3. The van der Waals surface area contributed by atoms with Gasteiger partial charge < -0.3 is 14.8 Å². The zero-order valence-corrected chi connectivity index (χ0v) is 22.4. The molecule has 7 heteroatoms. The third-order valence-electron chi connectivity index (χ3n) is 7.05. The summed E-state index contributed by atoms with van der Waals surface area (Å²) < 4.78 is 4.18. The van der Waals surface area contributed by atoms with Crippen LogP contribution in [0.25, 0.3) is 11.5 Å². The molecule has 1 atom stereocenters. The Kier molecular flexibility index (Phi) is 6.29. The van der Waals surface area contributed by atoms with E-state index in [9.17, 15) is 4.79 Å². The normalized spacial score (nSPS) is 14.5. The standard InChI is InChI=1S/C31H29N5OS/c1-21-9-7-10-24(19-21)32-31(37)35-20-27-22(2)33-36(25-11-5-4-6-12-25)30(27)34-18-8-13-28(34)29(35)23-14-16-26(38-3)17-15-23/h4-19,29H,20H2,1-3H3,(H,32,37)/t29-/m0/s1. The molecule has 1 aliphatic heterocycles. The number of amides is 2. The Morgan fingerprint density at radius 1 is 0.947 bits per heavy atom. The quantitative estimate of drug-likeness (QED) is 0.257. The number of rotatable bonds is 4. The smallest absolute Gasteiger partial charge is 0.308 e. The van der Waals surface area contributed by atoms with Crippen LogP contribution in [0.15, 0.2) is 102 Å². The van der Waals surface area contributed by atoms with E-state index in [1.807, 2.05) is 72.0 Å². The maximum atomic E-state index is 14.0. The summed E-state index contributed by atoms with van der Waals surface area (Å²) in [7, 11) is 0. The SMILES string of the molecule is CSc1ccc([C@H]2c3cccn3-c3c(c(C)nn3-c3ccccc3)CN2C(=O)Nc2cccc(C)c2)cc1. The van der Waals surface area contributed by atoms with Gasteiger partial charge in [0, 0.05) is 22.3 Å². The summed E-state index contributed by atoms with van der Waals surface area (Å²) >= 11 is 1.71. The summed E-state index contributed by atoms with van der Waals surface area (Å²) in [5, 5.41) is 8.09. The molecule has 3 aromatic carbocycles. The van der Waals surface area contributed by atoms with Crippen molar-refractivity contribution < 1.29 is 4.79 Å². The van der Waals surface area contributed by atoms with Crippen LogP contribution in [0.3, 0.4) is 0 Å². The summed E-state index contributed by atoms with van der Waals surface area (Å²) in [5.74, 6) is 0.963. The first-order valence-electron chi connectivity index (χ1n) is 12.6. The highest BCUT2D eigenvalue weighted by molar-refractivity contribution is 7.98. The van der Waals surface area contributed by atoms with E-state index in [-0.39, 0.29) is 12.1 Å². The lowest BCUT2D eigenvalue weighted by molar-refractivity contribution is 0.194. The van der Waals surface area contributed by atoms with Crippen LogP contribution in [0, 0.1) is 13.8 Å². The van der Waals surface area contributed by atoms with E-state index in [4.69, 9.17) is 5.10 Å². The van der Waals surface area contributed by atoms with Crippen molar-refractivity contribution in [3.05, 3.63) is 125 Å². The molecule has 0 saturated heterocycles. The van der Waals surface area contributed by atoms with Gasteiger partial charge in [-0.1, -0.05) is 42.5 Å². The summed E-state index contributed by atoms with van der Waals surface area (Å²) in [6.07, 6.45) is 4.14. The summed E-state index contributed by atoms with van der Waals surface area (Å²) in [6, 6.07) is 30.3. The minimum atomic E-state index is -0.290. The second-order valence-electron chi connectivity index (χ2n) is 9.54. The number of urea groups is 1. The van der Waals surface area contributed by atoms with Gasteiger partial charge >= 0.3 is 6.03 Å². The third kappa shape index (κ3) is 4.29. The molecule has 0 fully saturated rings. The van der Waals surface area contributed by atoms with Gasteiger partial charge in [-0.3, -0.25) is 0 Å². The number of aryl methyl sites for hydroxylation is 2. The summed E-state index contributed by atoms with van der Waals surface area (Å²) in [4.78, 5) is 17.2. The molecule has 0 radical (unpaired) electrons. The molecule has 0 spiro atoms. The number of thioether (sulfide) groups is 1. The van der Waals surface area contributed by atoms with Gasteiger partial charge in [0.1, 0.15) is 5.82 Å². The molecule has 0 bridgehead atoms. The number of fused-ring (bicyclic) bond motifs is 3. The van der Waals surface area contributed by atoms with Gasteiger partial charge in [0.2, 0.25) is 0 Å². The van der Waals surface area contributed by atoms with Gasteiger partial charge in [-0.05, 0) is 79.8 Å². The Morgan fingerprint density at radius 3 is 2.47 bits per heavy atom. The molecule has 0 saturated carbocycles. The Morgan fingerprint density at radius 2 is 1.74 bits per heavy atom. The van der Waals surface area contributed by atoms with Crippen molar-refractivity contribution in [2.45, 2.75) is 31.3 Å². The van der Waals surface area contributed by atoms with Crippen molar-refractivity contribution in [1.82, 2.24) is 19.2 Å². The molecule has 1 aliphatic rings. The molecule has 2 aromatic heterocycles. The van der Waals surface area contributed by atoms with Crippen molar-refractivity contribution >= 4 is 23.5 Å². The fourth-order valence-electron chi connectivity index (χ4n) is 5.20. The highest BCUT2D eigenvalue weighted by Gasteiger charge is 2.36. The molecule has 5 aromatic rings. The van der Waals surface area contributed by atoms with Crippen LogP contribution in [0.5, 0.6) is 0 Å². The zero-order chi connectivity index (χ0) is 26.2. The van der Waals surface area contributed by atoms with Crippen LogP contribution in [-0.2, 0) is 6.54 Å². The average molecular weight is 520 g/mol. The highest BCUT2D eigenvalue weighted by Crippen LogP contribution is 2.39. The van der Waals surface area contributed by atoms with Crippen molar-refractivity contribution in [1.29, 1.82) is 0 Å². The van der Waals surface area contributed by atoms with Crippen LogP contribution in [-0.4, -0.2) is 31.5 Å². The van der Waals surface area contributed by atoms with Crippen LogP contribution in [0.4, 0.5) is 10.5 Å². The molecular weight excluding hydrogens is 490 g/mol. The number of para-hydroxylation sites is 1. The molecule has 6 rings (SSSR count). The lowest BCUT2D eigenvalue weighted by atomic mass is 10.0. The van der Waals surface area contributed by atoms with E-state index < -0.39 is 0 Å². The van der Waals surface area contributed by atoms with E-state index in [0.717, 1.165) is 45.3 Å². The number of nitrogens with zero attached hydrogens (tertiary/aromatic N) is 4. The van der Waals surface area contributed by atoms with Gasteiger partial charge in [-0.25, -0.2) is 9.48 Å². The fraction of sp³-hybridized carbons (Fsp3) is 0.161. The molecule has 0 aliphatic carbocycles. The van der Waals surface area contributed by atoms with E-state index in [1.54, 1.807) is 11.8 Å². The lowest BCUT2D eigenvalue weighted by Gasteiger charge is -2.31. The molecule has 38 heavy (non-hydrogen) atoms. The molecule has 6 nitrogen and oxygen atoms in total. The first-order chi connectivity index (χ1) is 18.5. The van der Waals surface area contributed by atoms with Crippen molar-refractivity contribution in [3.8, 4) is 11.5 Å². The topological polar surface area (TPSA) is 55.1 Å². The third-order valence-corrected chi connectivity index (χ3v) is 7.79. The van der Waals surface area contributed by atoms with Gasteiger partial charge in [0.05, 0.1) is 29.7 Å². The Hall–Kier alpha value is -4.23. The van der Waals surface area contributed by atoms with Gasteiger partial charge in [-0.2, -0.15) is 5.10 Å². The number of carbonyl (C=O) groups is 1. The molecule has 1 N–H and O–H groups in total. The molecule has 3 heterocycles. The number of aromatic nitrogens is 3. The number of carbonyl (C=O) groups excluding carboxylic acids is 1. The Labute approximate surface area is 226 Å². The monoisotopic (exact) mass is 519 g/mol. The maximum absolute atomic E-state index is 14.0. The second kappa shape index (κ2) is 9.91. The Balaban J connectivity index is 1.53. The van der Waals surface area contributed by atoms with E-state index in [0.29, 0.717) is 6.54 Å². The number of benzene rings is 3. The predicted molar refractivity (Wildman–Crippen MR) is 153 cm³/mol.